The molecule has 2 heterocycles. The Labute approximate surface area is 112 Å². The molecule has 0 atom stereocenters. The Morgan fingerprint density at radius 3 is 2.61 bits per heavy atom. The van der Waals surface area contributed by atoms with Crippen LogP contribution in [0, 0.1) is 0 Å². The Balaban J connectivity index is 1.92. The molecule has 1 aliphatic rings. The molecule has 100 valence electrons. The van der Waals surface area contributed by atoms with Crippen molar-refractivity contribution >= 4 is 22.4 Å². The third kappa shape index (κ3) is 3.98. The number of carboxylic acid groups (broad SMARTS) is 1. The summed E-state index contributed by atoms with van der Waals surface area (Å²) in [6.45, 7) is 2.18. The Bertz CT molecular complexity index is 384. The summed E-state index contributed by atoms with van der Waals surface area (Å²) < 4.78 is 0. The largest absolute Gasteiger partial charge is 0.481 e. The minimum atomic E-state index is -0.754. The number of carbonyl (C=O) groups is 1. The van der Waals surface area contributed by atoms with E-state index < -0.39 is 5.97 Å². The number of aryl methyl sites for hydroxylation is 1. The lowest BCUT2D eigenvalue weighted by atomic mass is 10.1. The molecule has 1 N–H and O–H groups in total. The van der Waals surface area contributed by atoms with E-state index in [4.69, 9.17) is 5.11 Å². The van der Waals surface area contributed by atoms with Crippen LogP contribution < -0.4 is 4.90 Å². The first-order chi connectivity index (χ1) is 8.75. The molecule has 0 radical (unpaired) electrons. The maximum Gasteiger partial charge on any atom is 0.303 e. The van der Waals surface area contributed by atoms with Crippen LogP contribution in [0.2, 0.25) is 0 Å². The van der Waals surface area contributed by atoms with E-state index in [1.807, 2.05) is 5.38 Å². The predicted octanol–water partition coefficient (Wildman–Crippen LogP) is 2.93. The first-order valence-corrected chi connectivity index (χ1v) is 7.55. The van der Waals surface area contributed by atoms with E-state index in [0.717, 1.165) is 23.9 Å². The molecule has 1 aromatic heterocycles. The van der Waals surface area contributed by atoms with Gasteiger partial charge in [0.25, 0.3) is 0 Å². The predicted molar refractivity (Wildman–Crippen MR) is 73.4 cm³/mol. The fourth-order valence-corrected chi connectivity index (χ4v) is 3.14. The Morgan fingerprint density at radius 2 is 1.94 bits per heavy atom. The molecule has 0 unspecified atom stereocenters. The Hall–Kier alpha value is -1.10. The molecule has 4 nitrogen and oxygen atoms in total. The summed E-state index contributed by atoms with van der Waals surface area (Å²) in [5, 5.41) is 11.7. The molecule has 0 saturated carbocycles. The fraction of sp³-hybridized carbons (Fsp3) is 0.692. The van der Waals surface area contributed by atoms with Gasteiger partial charge in [0.15, 0.2) is 5.13 Å². The number of aromatic nitrogens is 1. The average Bonchev–Trinajstić information content (AvgIpc) is 2.74. The zero-order chi connectivity index (χ0) is 12.8. The van der Waals surface area contributed by atoms with Crippen LogP contribution in [-0.4, -0.2) is 29.1 Å². The number of carboxylic acids is 1. The first-order valence-electron chi connectivity index (χ1n) is 6.67. The molecule has 1 saturated heterocycles. The second kappa shape index (κ2) is 6.73. The lowest BCUT2D eigenvalue weighted by molar-refractivity contribution is -0.136. The van der Waals surface area contributed by atoms with Gasteiger partial charge in [-0.2, -0.15) is 0 Å². The third-order valence-corrected chi connectivity index (χ3v) is 4.21. The number of aliphatic carboxylic acids is 1. The van der Waals surface area contributed by atoms with Crippen molar-refractivity contribution in [2.45, 2.75) is 44.9 Å². The molecule has 2 rings (SSSR count). The second-order valence-electron chi connectivity index (χ2n) is 4.77. The molecule has 5 heteroatoms. The van der Waals surface area contributed by atoms with Crippen LogP contribution in [0.15, 0.2) is 5.38 Å². The summed E-state index contributed by atoms with van der Waals surface area (Å²) in [5.41, 5.74) is 0.916. The highest BCUT2D eigenvalue weighted by Gasteiger charge is 2.13. The van der Waals surface area contributed by atoms with Crippen molar-refractivity contribution < 1.29 is 9.90 Å². The number of thiazole rings is 1. The van der Waals surface area contributed by atoms with E-state index in [9.17, 15) is 4.79 Å². The normalized spacial score (nSPS) is 17.2. The second-order valence-corrected chi connectivity index (χ2v) is 5.61. The van der Waals surface area contributed by atoms with E-state index in [0.29, 0.717) is 6.42 Å². The fourth-order valence-electron chi connectivity index (χ4n) is 2.23. The maximum atomic E-state index is 10.5. The van der Waals surface area contributed by atoms with Crippen molar-refractivity contribution in [1.29, 1.82) is 0 Å². The van der Waals surface area contributed by atoms with E-state index in [2.05, 4.69) is 9.88 Å². The number of nitrogens with zero attached hydrogens (tertiary/aromatic N) is 2. The number of anilines is 1. The number of hydrogen-bond donors (Lipinski definition) is 1. The summed E-state index contributed by atoms with van der Waals surface area (Å²) in [6, 6.07) is 0. The van der Waals surface area contributed by atoms with E-state index in [1.54, 1.807) is 11.3 Å². The lowest BCUT2D eigenvalue weighted by Gasteiger charge is -2.23. The van der Waals surface area contributed by atoms with Gasteiger partial charge in [-0.1, -0.05) is 19.3 Å². The van der Waals surface area contributed by atoms with Crippen LogP contribution >= 0.6 is 11.3 Å². The summed E-state index contributed by atoms with van der Waals surface area (Å²) in [4.78, 5) is 17.4. The molecule has 0 aromatic carbocycles. The molecular formula is C13H20N2O2S. The van der Waals surface area contributed by atoms with Crippen LogP contribution in [0.3, 0.4) is 0 Å². The minimum Gasteiger partial charge on any atom is -0.481 e. The van der Waals surface area contributed by atoms with Crippen molar-refractivity contribution in [3.05, 3.63) is 11.1 Å². The van der Waals surface area contributed by atoms with Crippen LogP contribution in [0.25, 0.3) is 0 Å². The molecular weight excluding hydrogens is 248 g/mol. The molecule has 0 spiro atoms. The van der Waals surface area contributed by atoms with Crippen molar-refractivity contribution in [2.24, 2.45) is 0 Å². The summed E-state index contributed by atoms with van der Waals surface area (Å²) in [7, 11) is 0. The highest BCUT2D eigenvalue weighted by Crippen LogP contribution is 2.23. The smallest absolute Gasteiger partial charge is 0.303 e. The van der Waals surface area contributed by atoms with Gasteiger partial charge in [-0.25, -0.2) is 4.98 Å². The van der Waals surface area contributed by atoms with Crippen LogP contribution in [0.1, 0.15) is 44.2 Å². The SMILES string of the molecule is O=C(O)CCc1csc(N2CCCCCCC2)n1. The Morgan fingerprint density at radius 1 is 1.28 bits per heavy atom. The minimum absolute atomic E-state index is 0.170. The molecule has 0 aliphatic carbocycles. The standard InChI is InChI=1S/C13H20N2O2S/c16-12(17)7-6-11-10-18-13(14-11)15-8-4-2-1-3-5-9-15/h10H,1-9H2,(H,16,17). The summed E-state index contributed by atoms with van der Waals surface area (Å²) >= 11 is 1.65. The van der Waals surface area contributed by atoms with E-state index >= 15 is 0 Å². The van der Waals surface area contributed by atoms with Gasteiger partial charge in [-0.15, -0.1) is 11.3 Å². The van der Waals surface area contributed by atoms with Crippen LogP contribution in [0.5, 0.6) is 0 Å². The topological polar surface area (TPSA) is 53.4 Å². The highest BCUT2D eigenvalue weighted by molar-refractivity contribution is 7.13. The average molecular weight is 268 g/mol. The van der Waals surface area contributed by atoms with Crippen LogP contribution in [0.4, 0.5) is 5.13 Å². The highest BCUT2D eigenvalue weighted by atomic mass is 32.1. The molecule has 18 heavy (non-hydrogen) atoms. The van der Waals surface area contributed by atoms with Crippen molar-refractivity contribution in [3.63, 3.8) is 0 Å². The van der Waals surface area contributed by atoms with Crippen molar-refractivity contribution in [2.75, 3.05) is 18.0 Å². The van der Waals surface area contributed by atoms with E-state index in [-0.39, 0.29) is 6.42 Å². The zero-order valence-corrected chi connectivity index (χ0v) is 11.4. The summed E-state index contributed by atoms with van der Waals surface area (Å²) in [6.07, 6.45) is 7.17. The van der Waals surface area contributed by atoms with Crippen molar-refractivity contribution in [3.8, 4) is 0 Å². The van der Waals surface area contributed by atoms with Gasteiger partial charge in [0, 0.05) is 24.9 Å². The van der Waals surface area contributed by atoms with Gasteiger partial charge >= 0.3 is 5.97 Å². The van der Waals surface area contributed by atoms with Gasteiger partial charge in [0.1, 0.15) is 0 Å². The monoisotopic (exact) mass is 268 g/mol. The number of rotatable bonds is 4. The lowest BCUT2D eigenvalue weighted by Crippen LogP contribution is -2.26. The van der Waals surface area contributed by atoms with E-state index in [1.165, 1.54) is 32.1 Å². The Kier molecular flexibility index (Phi) is 4.99. The molecule has 1 fully saturated rings. The molecule has 0 amide bonds. The van der Waals surface area contributed by atoms with Gasteiger partial charge in [0.2, 0.25) is 0 Å². The number of hydrogen-bond acceptors (Lipinski definition) is 4. The first kappa shape index (κ1) is 13.3. The summed E-state index contributed by atoms with van der Waals surface area (Å²) in [5.74, 6) is -0.754. The van der Waals surface area contributed by atoms with Gasteiger partial charge in [0.05, 0.1) is 12.1 Å². The zero-order valence-electron chi connectivity index (χ0n) is 10.6. The molecule has 0 bridgehead atoms. The van der Waals surface area contributed by atoms with Gasteiger partial charge in [-0.3, -0.25) is 4.79 Å². The third-order valence-electron chi connectivity index (χ3n) is 3.26. The van der Waals surface area contributed by atoms with Gasteiger partial charge < -0.3 is 10.0 Å². The van der Waals surface area contributed by atoms with Crippen LogP contribution in [-0.2, 0) is 11.2 Å². The van der Waals surface area contributed by atoms with Crippen molar-refractivity contribution in [1.82, 2.24) is 4.98 Å². The molecule has 1 aliphatic heterocycles. The molecule has 1 aromatic rings. The maximum absolute atomic E-state index is 10.5. The van der Waals surface area contributed by atoms with Gasteiger partial charge in [-0.05, 0) is 12.8 Å². The quantitative estimate of drug-likeness (QED) is 0.912.